The highest BCUT2D eigenvalue weighted by molar-refractivity contribution is 6.10. The van der Waals surface area contributed by atoms with Crippen LogP contribution in [0, 0.1) is 0 Å². The molecule has 0 N–H and O–H groups in total. The molecule has 0 fully saturated rings. The van der Waals surface area contributed by atoms with Crippen LogP contribution in [-0.2, 0) is 0 Å². The lowest BCUT2D eigenvalue weighted by molar-refractivity contribution is 0.103. The summed E-state index contributed by atoms with van der Waals surface area (Å²) in [7, 11) is 4.07. The molecule has 1 aliphatic rings. The number of ketones is 1. The fourth-order valence-electron chi connectivity index (χ4n) is 2.88. The molecular weight excluding hydrogens is 270 g/mol. The van der Waals surface area contributed by atoms with Gasteiger partial charge in [0.25, 0.3) is 0 Å². The summed E-state index contributed by atoms with van der Waals surface area (Å²) in [5, 5.41) is 0. The molecule has 0 spiro atoms. The summed E-state index contributed by atoms with van der Waals surface area (Å²) in [5.74, 6) is 0.216. The van der Waals surface area contributed by atoms with Gasteiger partial charge in [-0.15, -0.1) is 0 Å². The molecule has 0 aromatic heterocycles. The Morgan fingerprint density at radius 2 is 1.64 bits per heavy atom. The first-order valence-electron chi connectivity index (χ1n) is 7.43. The summed E-state index contributed by atoms with van der Waals surface area (Å²) in [4.78, 5) is 14.9. The van der Waals surface area contributed by atoms with E-state index in [1.165, 1.54) is 5.70 Å². The van der Waals surface area contributed by atoms with Crippen LogP contribution >= 0.6 is 0 Å². The molecule has 0 saturated carbocycles. The van der Waals surface area contributed by atoms with Gasteiger partial charge in [-0.1, -0.05) is 66.7 Å². The van der Waals surface area contributed by atoms with Crippen molar-refractivity contribution in [2.24, 2.45) is 0 Å². The van der Waals surface area contributed by atoms with E-state index >= 15 is 0 Å². The highest BCUT2D eigenvalue weighted by atomic mass is 16.1. The van der Waals surface area contributed by atoms with Crippen LogP contribution in [0.5, 0.6) is 0 Å². The van der Waals surface area contributed by atoms with Crippen molar-refractivity contribution in [1.29, 1.82) is 0 Å². The molecule has 1 atom stereocenters. The van der Waals surface area contributed by atoms with Gasteiger partial charge in [0.1, 0.15) is 0 Å². The third-order valence-corrected chi connectivity index (χ3v) is 3.98. The molecule has 2 aromatic rings. The topological polar surface area (TPSA) is 20.3 Å². The second kappa shape index (κ2) is 6.02. The van der Waals surface area contributed by atoms with E-state index in [1.807, 2.05) is 68.7 Å². The summed E-state index contributed by atoms with van der Waals surface area (Å²) in [6.45, 7) is 0. The second-order valence-corrected chi connectivity index (χ2v) is 5.63. The summed E-state index contributed by atoms with van der Waals surface area (Å²) >= 11 is 0. The fraction of sp³-hybridized carbons (Fsp3) is 0.150. The van der Waals surface area contributed by atoms with Crippen LogP contribution in [0.15, 0.2) is 78.5 Å². The molecule has 0 saturated heterocycles. The van der Waals surface area contributed by atoms with Crippen LogP contribution < -0.4 is 0 Å². The average Bonchev–Trinajstić information content (AvgIpc) is 3.05. The molecule has 0 aliphatic heterocycles. The number of likely N-dealkylation sites (N-methyl/N-ethyl adjacent to an activating group) is 1. The number of hydrogen-bond acceptors (Lipinski definition) is 2. The van der Waals surface area contributed by atoms with Crippen molar-refractivity contribution in [3.8, 4) is 0 Å². The number of rotatable bonds is 4. The molecule has 2 nitrogen and oxygen atoms in total. The molecule has 0 bridgehead atoms. The summed E-state index contributed by atoms with van der Waals surface area (Å²) in [5.41, 5.74) is 3.77. The molecular formula is C20H19NO. The smallest absolute Gasteiger partial charge is 0.193 e. The summed E-state index contributed by atoms with van der Waals surface area (Å²) in [6.07, 6.45) is 6.31. The van der Waals surface area contributed by atoms with E-state index in [-0.39, 0.29) is 11.7 Å². The van der Waals surface area contributed by atoms with Gasteiger partial charge >= 0.3 is 0 Å². The van der Waals surface area contributed by atoms with Crippen molar-refractivity contribution in [2.45, 2.75) is 5.92 Å². The van der Waals surface area contributed by atoms with Gasteiger partial charge in [0.15, 0.2) is 5.78 Å². The van der Waals surface area contributed by atoms with E-state index in [4.69, 9.17) is 0 Å². The third kappa shape index (κ3) is 2.60. The van der Waals surface area contributed by atoms with Crippen molar-refractivity contribution < 1.29 is 4.79 Å². The monoisotopic (exact) mass is 289 g/mol. The molecule has 1 aliphatic carbocycles. The van der Waals surface area contributed by atoms with Crippen LogP contribution in [0.2, 0.25) is 0 Å². The molecule has 0 amide bonds. The number of benzene rings is 2. The first-order valence-corrected chi connectivity index (χ1v) is 7.43. The van der Waals surface area contributed by atoms with E-state index in [9.17, 15) is 4.79 Å². The average molecular weight is 289 g/mol. The highest BCUT2D eigenvalue weighted by Crippen LogP contribution is 2.34. The van der Waals surface area contributed by atoms with E-state index in [0.717, 1.165) is 16.7 Å². The Balaban J connectivity index is 2.03. The van der Waals surface area contributed by atoms with E-state index in [1.54, 1.807) is 0 Å². The van der Waals surface area contributed by atoms with Crippen molar-refractivity contribution in [3.05, 3.63) is 95.2 Å². The van der Waals surface area contributed by atoms with Crippen LogP contribution in [0.1, 0.15) is 27.4 Å². The first kappa shape index (κ1) is 14.3. The highest BCUT2D eigenvalue weighted by Gasteiger charge is 2.23. The van der Waals surface area contributed by atoms with Crippen LogP contribution in [0.4, 0.5) is 0 Å². The Morgan fingerprint density at radius 3 is 2.36 bits per heavy atom. The minimum atomic E-state index is 0.0783. The third-order valence-electron chi connectivity index (χ3n) is 3.98. The molecule has 0 heterocycles. The lowest BCUT2D eigenvalue weighted by Crippen LogP contribution is -2.17. The maximum Gasteiger partial charge on any atom is 0.193 e. The van der Waals surface area contributed by atoms with Crippen LogP contribution in [-0.4, -0.2) is 24.8 Å². The maximum absolute atomic E-state index is 12.8. The Labute approximate surface area is 131 Å². The molecule has 1 unspecified atom stereocenters. The second-order valence-electron chi connectivity index (χ2n) is 5.63. The fourth-order valence-corrected chi connectivity index (χ4v) is 2.88. The van der Waals surface area contributed by atoms with Crippen molar-refractivity contribution in [1.82, 2.24) is 4.90 Å². The van der Waals surface area contributed by atoms with Crippen molar-refractivity contribution >= 4 is 5.78 Å². The Morgan fingerprint density at radius 1 is 0.955 bits per heavy atom. The van der Waals surface area contributed by atoms with Gasteiger partial charge < -0.3 is 4.90 Å². The Hall–Kier alpha value is -2.61. The van der Waals surface area contributed by atoms with Gasteiger partial charge in [-0.3, -0.25) is 4.79 Å². The van der Waals surface area contributed by atoms with Gasteiger partial charge in [-0.05, 0) is 11.6 Å². The maximum atomic E-state index is 12.8. The van der Waals surface area contributed by atoms with Crippen LogP contribution in [0.3, 0.4) is 0 Å². The largest absolute Gasteiger partial charge is 0.380 e. The van der Waals surface area contributed by atoms with Gasteiger partial charge in [-0.2, -0.15) is 0 Å². The van der Waals surface area contributed by atoms with Crippen molar-refractivity contribution in [2.75, 3.05) is 14.1 Å². The Bertz CT molecular complexity index is 741. The number of carbonyl (C=O) groups excluding carboxylic acids is 1. The summed E-state index contributed by atoms with van der Waals surface area (Å²) < 4.78 is 0. The van der Waals surface area contributed by atoms with Crippen LogP contribution in [0.25, 0.3) is 0 Å². The molecule has 3 rings (SSSR count). The summed E-state index contributed by atoms with van der Waals surface area (Å²) in [6, 6.07) is 17.4. The van der Waals surface area contributed by atoms with E-state index < -0.39 is 0 Å². The van der Waals surface area contributed by atoms with Gasteiger partial charge in [0, 0.05) is 36.8 Å². The predicted molar refractivity (Wildman–Crippen MR) is 90.0 cm³/mol. The number of nitrogens with zero attached hydrogens (tertiary/aromatic N) is 1. The molecule has 0 radical (unpaired) electrons. The lowest BCUT2D eigenvalue weighted by Gasteiger charge is -2.23. The number of hydrogen-bond donors (Lipinski definition) is 0. The first-order chi connectivity index (χ1) is 10.7. The van der Waals surface area contributed by atoms with Gasteiger partial charge in [0.2, 0.25) is 0 Å². The minimum absolute atomic E-state index is 0.0783. The minimum Gasteiger partial charge on any atom is -0.380 e. The predicted octanol–water partition coefficient (Wildman–Crippen LogP) is 4.02. The standard InChI is InChI=1S/C20H19NO/c1-21(2)19-14-8-13-17(19)16-11-6-7-12-18(16)20(22)15-9-4-3-5-10-15/h3-14,17H,1-2H3. The molecule has 22 heavy (non-hydrogen) atoms. The molecule has 2 aromatic carbocycles. The lowest BCUT2D eigenvalue weighted by atomic mass is 9.89. The zero-order valence-electron chi connectivity index (χ0n) is 12.9. The zero-order chi connectivity index (χ0) is 15.5. The SMILES string of the molecule is CN(C)C1=CC=CC1c1ccccc1C(=O)c1ccccc1. The van der Waals surface area contributed by atoms with Gasteiger partial charge in [0.05, 0.1) is 0 Å². The molecule has 2 heteroatoms. The Kier molecular flexibility index (Phi) is 3.92. The van der Waals surface area contributed by atoms with E-state index in [2.05, 4.69) is 23.1 Å². The number of carbonyl (C=O) groups is 1. The van der Waals surface area contributed by atoms with E-state index in [0.29, 0.717) is 0 Å². The van der Waals surface area contributed by atoms with Crippen molar-refractivity contribution in [3.63, 3.8) is 0 Å². The van der Waals surface area contributed by atoms with Gasteiger partial charge in [-0.25, -0.2) is 0 Å². The number of allylic oxidation sites excluding steroid dienone is 3. The zero-order valence-corrected chi connectivity index (χ0v) is 12.9. The normalized spacial score (nSPS) is 16.5. The molecule has 110 valence electrons. The quantitative estimate of drug-likeness (QED) is 0.792.